The zero-order valence-corrected chi connectivity index (χ0v) is 20.3. The Morgan fingerprint density at radius 3 is 2.12 bits per heavy atom. The van der Waals surface area contributed by atoms with Gasteiger partial charge in [-0.25, -0.2) is 18.4 Å². The lowest BCUT2D eigenvalue weighted by atomic mass is 10.0. The van der Waals surface area contributed by atoms with Crippen LogP contribution in [0.5, 0.6) is 0 Å². The largest absolute Gasteiger partial charge is 0.451 e. The second kappa shape index (κ2) is 12.3. The SMILES string of the molecule is CC(OC(=O)[C@@H](NC(=O)Cc1ccccc1)C(C)C)C(=O)NCCc1ccc(S(N)(=O)=O)cc1. The molecule has 2 aromatic carbocycles. The molecule has 0 aliphatic heterocycles. The molecule has 184 valence electrons. The first-order chi connectivity index (χ1) is 16.0. The number of hydrogen-bond acceptors (Lipinski definition) is 6. The highest BCUT2D eigenvalue weighted by Crippen LogP contribution is 2.10. The highest BCUT2D eigenvalue weighted by Gasteiger charge is 2.28. The summed E-state index contributed by atoms with van der Waals surface area (Å²) in [7, 11) is -3.76. The molecule has 0 aliphatic rings. The van der Waals surface area contributed by atoms with Crippen molar-refractivity contribution >= 4 is 27.8 Å². The average molecular weight is 490 g/mol. The van der Waals surface area contributed by atoms with Crippen molar-refractivity contribution in [2.75, 3.05) is 6.54 Å². The van der Waals surface area contributed by atoms with Gasteiger partial charge in [0.05, 0.1) is 11.3 Å². The van der Waals surface area contributed by atoms with Gasteiger partial charge in [0.1, 0.15) is 6.04 Å². The number of hydrogen-bond donors (Lipinski definition) is 3. The lowest BCUT2D eigenvalue weighted by Gasteiger charge is -2.23. The zero-order chi connectivity index (χ0) is 25.3. The molecule has 0 saturated carbocycles. The van der Waals surface area contributed by atoms with Crippen LogP contribution in [0.15, 0.2) is 59.5 Å². The third-order valence-corrected chi connectivity index (χ3v) is 6.00. The minimum atomic E-state index is -3.76. The molecular weight excluding hydrogens is 458 g/mol. The van der Waals surface area contributed by atoms with Gasteiger partial charge in [-0.3, -0.25) is 9.59 Å². The normalized spacial score (nSPS) is 13.1. The van der Waals surface area contributed by atoms with Gasteiger partial charge in [0, 0.05) is 6.54 Å². The maximum absolute atomic E-state index is 12.6. The fourth-order valence-corrected chi connectivity index (χ4v) is 3.64. The molecule has 0 aromatic heterocycles. The van der Waals surface area contributed by atoms with E-state index < -0.39 is 34.0 Å². The van der Waals surface area contributed by atoms with Gasteiger partial charge in [-0.15, -0.1) is 0 Å². The number of primary sulfonamides is 1. The smallest absolute Gasteiger partial charge is 0.329 e. The Morgan fingerprint density at radius 2 is 1.56 bits per heavy atom. The maximum atomic E-state index is 12.6. The monoisotopic (exact) mass is 489 g/mol. The van der Waals surface area contributed by atoms with Crippen LogP contribution in [0.1, 0.15) is 31.9 Å². The van der Waals surface area contributed by atoms with Crippen molar-refractivity contribution in [2.45, 2.75) is 50.7 Å². The summed E-state index contributed by atoms with van der Waals surface area (Å²) in [6, 6.07) is 14.3. The number of nitrogens with one attached hydrogen (secondary N) is 2. The third-order valence-electron chi connectivity index (χ3n) is 5.07. The van der Waals surface area contributed by atoms with Gasteiger partial charge in [-0.2, -0.15) is 0 Å². The second-order valence-electron chi connectivity index (χ2n) is 8.26. The summed E-state index contributed by atoms with van der Waals surface area (Å²) in [5.74, 6) is -1.71. The van der Waals surface area contributed by atoms with E-state index in [0.717, 1.165) is 11.1 Å². The number of amides is 2. The summed E-state index contributed by atoms with van der Waals surface area (Å²) >= 11 is 0. The molecule has 0 radical (unpaired) electrons. The molecular formula is C24H31N3O6S. The number of ether oxygens (including phenoxy) is 1. The number of carbonyl (C=O) groups excluding carboxylic acids is 3. The van der Waals surface area contributed by atoms with E-state index in [9.17, 15) is 22.8 Å². The van der Waals surface area contributed by atoms with Crippen LogP contribution < -0.4 is 15.8 Å². The van der Waals surface area contributed by atoms with E-state index in [4.69, 9.17) is 9.88 Å². The third kappa shape index (κ3) is 8.60. The number of rotatable bonds is 11. The van der Waals surface area contributed by atoms with Crippen molar-refractivity contribution in [3.8, 4) is 0 Å². The first-order valence-corrected chi connectivity index (χ1v) is 12.4. The number of sulfonamides is 1. The molecule has 0 saturated heterocycles. The predicted octanol–water partition coefficient (Wildman–Crippen LogP) is 1.31. The van der Waals surface area contributed by atoms with E-state index in [1.54, 1.807) is 26.0 Å². The molecule has 34 heavy (non-hydrogen) atoms. The Hall–Kier alpha value is -3.24. The number of carbonyl (C=O) groups is 3. The fourth-order valence-electron chi connectivity index (χ4n) is 3.12. The first-order valence-electron chi connectivity index (χ1n) is 10.9. The molecule has 0 aliphatic carbocycles. The van der Waals surface area contributed by atoms with Gasteiger partial charge < -0.3 is 15.4 Å². The van der Waals surface area contributed by atoms with Gasteiger partial charge >= 0.3 is 5.97 Å². The first kappa shape index (κ1) is 27.0. The maximum Gasteiger partial charge on any atom is 0.329 e. The molecule has 4 N–H and O–H groups in total. The Balaban J connectivity index is 1.83. The average Bonchev–Trinajstić information content (AvgIpc) is 2.77. The summed E-state index contributed by atoms with van der Waals surface area (Å²) in [6.45, 7) is 5.27. The summed E-state index contributed by atoms with van der Waals surface area (Å²) in [6.07, 6.45) is -0.475. The van der Waals surface area contributed by atoms with Crippen LogP contribution in [0.2, 0.25) is 0 Å². The highest BCUT2D eigenvalue weighted by molar-refractivity contribution is 7.89. The minimum absolute atomic E-state index is 0.0105. The fraction of sp³-hybridized carbons (Fsp3) is 0.375. The second-order valence-corrected chi connectivity index (χ2v) is 9.82. The molecule has 2 aromatic rings. The van der Waals surface area contributed by atoms with E-state index in [2.05, 4.69) is 10.6 Å². The van der Waals surface area contributed by atoms with Crippen LogP contribution in [-0.4, -0.2) is 44.9 Å². The van der Waals surface area contributed by atoms with Crippen LogP contribution in [0.25, 0.3) is 0 Å². The van der Waals surface area contributed by atoms with E-state index in [1.165, 1.54) is 19.1 Å². The van der Waals surface area contributed by atoms with Crippen molar-refractivity contribution in [3.05, 3.63) is 65.7 Å². The summed E-state index contributed by atoms with van der Waals surface area (Å²) < 4.78 is 27.9. The molecule has 9 nitrogen and oxygen atoms in total. The van der Waals surface area contributed by atoms with Gasteiger partial charge in [-0.1, -0.05) is 56.3 Å². The highest BCUT2D eigenvalue weighted by atomic mass is 32.2. The van der Waals surface area contributed by atoms with Crippen LogP contribution in [0.4, 0.5) is 0 Å². The lowest BCUT2D eigenvalue weighted by molar-refractivity contribution is -0.158. The van der Waals surface area contributed by atoms with Gasteiger partial charge in [0.15, 0.2) is 6.10 Å². The van der Waals surface area contributed by atoms with Crippen molar-refractivity contribution < 1.29 is 27.5 Å². The Labute approximate surface area is 200 Å². The molecule has 10 heteroatoms. The predicted molar refractivity (Wildman–Crippen MR) is 127 cm³/mol. The molecule has 2 rings (SSSR count). The lowest BCUT2D eigenvalue weighted by Crippen LogP contribution is -2.48. The molecule has 2 atom stereocenters. The Bertz CT molecular complexity index is 1090. The number of esters is 1. The number of nitrogens with two attached hydrogens (primary N) is 1. The molecule has 0 spiro atoms. The number of benzene rings is 2. The molecule has 0 heterocycles. The summed E-state index contributed by atoms with van der Waals surface area (Å²) in [5.41, 5.74) is 1.63. The zero-order valence-electron chi connectivity index (χ0n) is 19.5. The van der Waals surface area contributed by atoms with Crippen LogP contribution >= 0.6 is 0 Å². The standard InChI is InChI=1S/C24H31N3O6S/c1-16(2)22(27-21(28)15-19-7-5-4-6-8-19)24(30)33-17(3)23(29)26-14-13-18-9-11-20(12-10-18)34(25,31)32/h4-12,16-17,22H,13-15H2,1-3H3,(H,26,29)(H,27,28)(H2,25,31,32)/t17?,22-/m0/s1. The van der Waals surface area contributed by atoms with Crippen molar-refractivity contribution in [3.63, 3.8) is 0 Å². The quantitative estimate of drug-likeness (QED) is 0.406. The molecule has 1 unspecified atom stereocenters. The van der Waals surface area contributed by atoms with E-state index in [-0.39, 0.29) is 29.7 Å². The van der Waals surface area contributed by atoms with E-state index >= 15 is 0 Å². The van der Waals surface area contributed by atoms with Crippen LogP contribution in [0.3, 0.4) is 0 Å². The van der Waals surface area contributed by atoms with Crippen molar-refractivity contribution in [1.29, 1.82) is 0 Å². The van der Waals surface area contributed by atoms with Gasteiger partial charge in [0.2, 0.25) is 15.9 Å². The molecule has 0 bridgehead atoms. The van der Waals surface area contributed by atoms with Crippen molar-refractivity contribution in [1.82, 2.24) is 10.6 Å². The van der Waals surface area contributed by atoms with Gasteiger partial charge in [0.25, 0.3) is 5.91 Å². The van der Waals surface area contributed by atoms with Crippen molar-refractivity contribution in [2.24, 2.45) is 11.1 Å². The topological polar surface area (TPSA) is 145 Å². The molecule has 2 amide bonds. The van der Waals surface area contributed by atoms with E-state index in [0.29, 0.717) is 6.42 Å². The Morgan fingerprint density at radius 1 is 0.941 bits per heavy atom. The van der Waals surface area contributed by atoms with Gasteiger partial charge in [-0.05, 0) is 42.5 Å². The summed E-state index contributed by atoms with van der Waals surface area (Å²) in [4.78, 5) is 37.3. The van der Waals surface area contributed by atoms with Crippen LogP contribution in [-0.2, 0) is 42.0 Å². The Kier molecular flexibility index (Phi) is 9.76. The summed E-state index contributed by atoms with van der Waals surface area (Å²) in [5, 5.41) is 10.4. The van der Waals surface area contributed by atoms with E-state index in [1.807, 2.05) is 30.3 Å². The molecule has 0 fully saturated rings. The minimum Gasteiger partial charge on any atom is -0.451 e. The van der Waals surface area contributed by atoms with Crippen LogP contribution in [0, 0.1) is 5.92 Å².